The normalized spacial score (nSPS) is 11.0. The molecule has 4 aromatic carbocycles. The largest absolute Gasteiger partial charge is 0.337 e. The van der Waals surface area contributed by atoms with Crippen molar-refractivity contribution in [1.82, 2.24) is 19.8 Å². The van der Waals surface area contributed by atoms with Gasteiger partial charge in [-0.15, -0.1) is 0 Å². The monoisotopic (exact) mass is 614 g/mol. The van der Waals surface area contributed by atoms with Crippen LogP contribution in [0, 0.1) is 0 Å². The first kappa shape index (κ1) is 29.4. The molecule has 8 heteroatoms. The van der Waals surface area contributed by atoms with Crippen molar-refractivity contribution in [3.63, 3.8) is 0 Å². The van der Waals surface area contributed by atoms with Gasteiger partial charge < -0.3 is 9.80 Å². The zero-order valence-corrected chi connectivity index (χ0v) is 26.0. The molecule has 0 aliphatic carbocycles. The van der Waals surface area contributed by atoms with Crippen LogP contribution in [0.1, 0.15) is 31.8 Å². The molecule has 2 heterocycles. The van der Waals surface area contributed by atoms with Crippen molar-refractivity contribution < 1.29 is 9.59 Å². The fourth-order valence-electron chi connectivity index (χ4n) is 5.02. The number of carbonyl (C=O) groups is 2. The second kappa shape index (κ2) is 13.3. The Morgan fingerprint density at radius 3 is 1.39 bits per heavy atom. The number of rotatable bonds is 9. The highest BCUT2D eigenvalue weighted by Crippen LogP contribution is 2.42. The molecule has 0 aliphatic rings. The van der Waals surface area contributed by atoms with E-state index >= 15 is 0 Å². The zero-order chi connectivity index (χ0) is 30.5. The molecule has 218 valence electrons. The van der Waals surface area contributed by atoms with Gasteiger partial charge in [0, 0.05) is 60.1 Å². The van der Waals surface area contributed by atoms with E-state index in [1.54, 1.807) is 43.8 Å². The van der Waals surface area contributed by atoms with Crippen molar-refractivity contribution in [2.45, 2.75) is 22.9 Å². The third-order valence-corrected chi connectivity index (χ3v) is 9.71. The van der Waals surface area contributed by atoms with Gasteiger partial charge in [-0.1, -0.05) is 107 Å². The summed E-state index contributed by atoms with van der Waals surface area (Å²) >= 11 is 0. The summed E-state index contributed by atoms with van der Waals surface area (Å²) in [7, 11) is 6.82. The number of hydrogen-bond donors (Lipinski definition) is 0. The van der Waals surface area contributed by atoms with E-state index in [4.69, 9.17) is 9.97 Å². The van der Waals surface area contributed by atoms with Crippen LogP contribution in [0.5, 0.6) is 0 Å². The minimum atomic E-state index is -0.0679. The number of nitrogens with zero attached hydrogens (tertiary/aromatic N) is 4. The summed E-state index contributed by atoms with van der Waals surface area (Å²) in [5.41, 5.74) is 4.96. The molecule has 6 rings (SSSR count). The Balaban J connectivity index is 1.17. The van der Waals surface area contributed by atoms with E-state index in [1.807, 2.05) is 123 Å². The molecule has 0 N–H and O–H groups in total. The molecule has 0 saturated heterocycles. The van der Waals surface area contributed by atoms with E-state index in [0.29, 0.717) is 24.2 Å². The van der Waals surface area contributed by atoms with Crippen LogP contribution in [0.15, 0.2) is 131 Å². The Labute approximate surface area is 264 Å². The number of amides is 2. The van der Waals surface area contributed by atoms with Gasteiger partial charge in [0.2, 0.25) is 0 Å². The molecule has 0 bridgehead atoms. The second-order valence-corrected chi connectivity index (χ2v) is 12.8. The topological polar surface area (TPSA) is 66.4 Å². The summed E-state index contributed by atoms with van der Waals surface area (Å²) < 4.78 is 0. The summed E-state index contributed by atoms with van der Waals surface area (Å²) in [5, 5.41) is 1.82. The maximum atomic E-state index is 13.1. The lowest BCUT2D eigenvalue weighted by atomic mass is 10.1. The van der Waals surface area contributed by atoms with Crippen LogP contribution < -0.4 is 0 Å². The first-order chi connectivity index (χ1) is 21.5. The van der Waals surface area contributed by atoms with Crippen molar-refractivity contribution in [3.05, 3.63) is 144 Å². The first-order valence-electron chi connectivity index (χ1n) is 14.2. The Bertz CT molecular complexity index is 1810. The number of fused-ring (bicyclic) bond motifs is 2. The van der Waals surface area contributed by atoms with Crippen LogP contribution in [0.2, 0.25) is 0 Å². The lowest BCUT2D eigenvalue weighted by molar-refractivity contribution is 0.0778. The first-order valence-corrected chi connectivity index (χ1v) is 16.3. The van der Waals surface area contributed by atoms with Crippen LogP contribution in [0.25, 0.3) is 21.8 Å². The Morgan fingerprint density at radius 1 is 0.568 bits per heavy atom. The Kier molecular flexibility index (Phi) is 8.91. The molecule has 2 aromatic heterocycles. The van der Waals surface area contributed by atoms with Gasteiger partial charge in [-0.3, -0.25) is 19.6 Å². The molecule has 0 fully saturated rings. The van der Waals surface area contributed by atoms with Gasteiger partial charge in [-0.25, -0.2) is 0 Å². The summed E-state index contributed by atoms with van der Waals surface area (Å²) in [5.74, 6) is -0.136. The van der Waals surface area contributed by atoms with Crippen molar-refractivity contribution in [1.29, 1.82) is 0 Å². The number of benzene rings is 4. The number of pyridine rings is 2. The van der Waals surface area contributed by atoms with Gasteiger partial charge in [0.25, 0.3) is 11.8 Å². The van der Waals surface area contributed by atoms with Crippen LogP contribution in [0.4, 0.5) is 0 Å². The molecule has 0 radical (unpaired) electrons. The van der Waals surface area contributed by atoms with E-state index in [1.165, 1.54) is 0 Å². The highest BCUT2D eigenvalue weighted by Gasteiger charge is 2.16. The molecule has 44 heavy (non-hydrogen) atoms. The molecule has 6 nitrogen and oxygen atoms in total. The SMILES string of the molecule is CN(Cc1ccccc1)C(=O)c1cnc2c(SSc3cccc4cc(C(=O)N(C)Cc5ccccc5)cnc34)cccc2c1. The lowest BCUT2D eigenvalue weighted by Gasteiger charge is -2.18. The number of carbonyl (C=O) groups excluding carboxylic acids is 2. The maximum absolute atomic E-state index is 13.1. The van der Waals surface area contributed by atoms with Gasteiger partial charge >= 0.3 is 0 Å². The van der Waals surface area contributed by atoms with Crippen molar-refractivity contribution in [2.75, 3.05) is 14.1 Å². The fourth-order valence-corrected chi connectivity index (χ4v) is 7.32. The van der Waals surface area contributed by atoms with E-state index < -0.39 is 0 Å². The molecule has 0 spiro atoms. The molecule has 0 unspecified atom stereocenters. The molecule has 2 amide bonds. The summed E-state index contributed by atoms with van der Waals surface area (Å²) in [6.45, 7) is 1.06. The number of hydrogen-bond acceptors (Lipinski definition) is 6. The average Bonchev–Trinajstić information content (AvgIpc) is 3.07. The molecule has 6 aromatic rings. The minimum Gasteiger partial charge on any atom is -0.337 e. The minimum absolute atomic E-state index is 0.0679. The van der Waals surface area contributed by atoms with Crippen LogP contribution >= 0.6 is 21.6 Å². The lowest BCUT2D eigenvalue weighted by Crippen LogP contribution is -2.26. The van der Waals surface area contributed by atoms with Crippen molar-refractivity contribution >= 4 is 55.2 Å². The molecular weight excluding hydrogens is 585 g/mol. The average molecular weight is 615 g/mol. The third kappa shape index (κ3) is 6.61. The summed E-state index contributed by atoms with van der Waals surface area (Å²) in [6, 6.07) is 35.7. The van der Waals surface area contributed by atoms with Gasteiger partial charge in [0.05, 0.1) is 22.2 Å². The van der Waals surface area contributed by atoms with Crippen LogP contribution in [-0.2, 0) is 13.1 Å². The molecular formula is C36H30N4O2S2. The standard InChI is InChI=1S/C36H30N4O2S2/c1-39(23-25-11-5-3-6-12-25)35(41)29-19-27-15-9-17-31(33(27)37-21-29)43-44-32-18-10-16-28-20-30(22-38-34(28)32)36(42)40(2)24-26-13-7-4-8-14-26/h3-22H,23-24H2,1-2H3. The molecule has 0 aliphatic heterocycles. The van der Waals surface area contributed by atoms with Crippen molar-refractivity contribution in [2.24, 2.45) is 0 Å². The quantitative estimate of drug-likeness (QED) is 0.153. The van der Waals surface area contributed by atoms with Gasteiger partial charge in [0.15, 0.2) is 0 Å². The van der Waals surface area contributed by atoms with Crippen LogP contribution in [-0.4, -0.2) is 45.7 Å². The summed E-state index contributed by atoms with van der Waals surface area (Å²) in [6.07, 6.45) is 3.32. The molecule has 0 atom stereocenters. The smallest absolute Gasteiger partial charge is 0.255 e. The third-order valence-electron chi connectivity index (χ3n) is 7.28. The predicted octanol–water partition coefficient (Wildman–Crippen LogP) is 8.13. The van der Waals surface area contributed by atoms with Crippen molar-refractivity contribution in [3.8, 4) is 0 Å². The Hall–Kier alpha value is -4.66. The zero-order valence-electron chi connectivity index (χ0n) is 24.4. The fraction of sp³-hybridized carbons (Fsp3) is 0.111. The second-order valence-electron chi connectivity index (χ2n) is 10.6. The number of aromatic nitrogens is 2. The van der Waals surface area contributed by atoms with E-state index in [2.05, 4.69) is 0 Å². The van der Waals surface area contributed by atoms with Gasteiger partial charge in [-0.2, -0.15) is 0 Å². The summed E-state index contributed by atoms with van der Waals surface area (Å²) in [4.78, 5) is 41.1. The highest BCUT2D eigenvalue weighted by molar-refractivity contribution is 8.76. The molecule has 0 saturated carbocycles. The van der Waals surface area contributed by atoms with Crippen LogP contribution in [0.3, 0.4) is 0 Å². The number of para-hydroxylation sites is 2. The van der Waals surface area contributed by atoms with Gasteiger partial charge in [0.1, 0.15) is 0 Å². The van der Waals surface area contributed by atoms with E-state index in [0.717, 1.165) is 42.7 Å². The maximum Gasteiger partial charge on any atom is 0.255 e. The predicted molar refractivity (Wildman–Crippen MR) is 180 cm³/mol. The van der Waals surface area contributed by atoms with E-state index in [-0.39, 0.29) is 11.8 Å². The Morgan fingerprint density at radius 2 is 0.977 bits per heavy atom. The van der Waals surface area contributed by atoms with E-state index in [9.17, 15) is 9.59 Å². The van der Waals surface area contributed by atoms with Gasteiger partial charge in [-0.05, 0) is 35.4 Å². The highest BCUT2D eigenvalue weighted by atomic mass is 33.1.